The average Bonchev–Trinajstić information content (AvgIpc) is 3.16. The molecule has 2 heterocycles. The lowest BCUT2D eigenvalue weighted by molar-refractivity contribution is 0.102. The number of rotatable bonds is 6. The fourth-order valence-corrected chi connectivity index (χ4v) is 4.18. The predicted octanol–water partition coefficient (Wildman–Crippen LogP) is 5.01. The van der Waals surface area contributed by atoms with Crippen LogP contribution >= 0.6 is 23.4 Å². The summed E-state index contributed by atoms with van der Waals surface area (Å²) < 4.78 is 14.9. The summed E-state index contributed by atoms with van der Waals surface area (Å²) in [6.07, 6.45) is 0. The average molecular weight is 469 g/mol. The Morgan fingerprint density at radius 1 is 1.09 bits per heavy atom. The number of benzene rings is 2. The first-order valence-corrected chi connectivity index (χ1v) is 11.0. The summed E-state index contributed by atoms with van der Waals surface area (Å²) in [4.78, 5) is 21.9. The van der Waals surface area contributed by atoms with Gasteiger partial charge in [0.05, 0.1) is 11.4 Å². The molecule has 0 saturated heterocycles. The standard InChI is InChI=1S/C22H18ClFN6OS/c1-13-10-14(2)26-22(25-13)32-12-19-20(21(31)27-17-5-3-4-15(23)11-17)28-29-30(19)18-8-6-16(24)7-9-18/h3-11H,12H2,1-2H3,(H,27,31). The highest BCUT2D eigenvalue weighted by atomic mass is 35.5. The van der Waals surface area contributed by atoms with Crippen molar-refractivity contribution in [2.75, 3.05) is 5.32 Å². The number of halogens is 2. The molecule has 4 rings (SSSR count). The SMILES string of the molecule is Cc1cc(C)nc(SCc2c(C(=O)Nc3cccc(Cl)c3)nnn2-c2ccc(F)cc2)n1. The Bertz CT molecular complexity index is 1260. The van der Waals surface area contributed by atoms with Gasteiger partial charge in [0.25, 0.3) is 5.91 Å². The second kappa shape index (κ2) is 9.46. The lowest BCUT2D eigenvalue weighted by atomic mass is 10.2. The van der Waals surface area contributed by atoms with Crippen molar-refractivity contribution in [1.29, 1.82) is 0 Å². The van der Waals surface area contributed by atoms with Crippen molar-refractivity contribution in [3.63, 3.8) is 0 Å². The van der Waals surface area contributed by atoms with Crippen LogP contribution < -0.4 is 5.32 Å². The first-order valence-electron chi connectivity index (χ1n) is 9.61. The second-order valence-corrected chi connectivity index (χ2v) is 8.34. The van der Waals surface area contributed by atoms with Gasteiger partial charge in [-0.05, 0) is 62.4 Å². The maximum absolute atomic E-state index is 13.4. The van der Waals surface area contributed by atoms with E-state index < -0.39 is 5.91 Å². The van der Waals surface area contributed by atoms with Gasteiger partial charge in [-0.25, -0.2) is 19.0 Å². The highest BCUT2D eigenvalue weighted by molar-refractivity contribution is 7.98. The molecule has 7 nitrogen and oxygen atoms in total. The first kappa shape index (κ1) is 21.9. The molecule has 0 fully saturated rings. The van der Waals surface area contributed by atoms with Crippen LogP contribution in [-0.2, 0) is 5.75 Å². The number of nitrogens with one attached hydrogen (secondary N) is 1. The third-order valence-corrected chi connectivity index (χ3v) is 5.53. The third-order valence-electron chi connectivity index (χ3n) is 4.43. The molecule has 162 valence electrons. The van der Waals surface area contributed by atoms with E-state index in [9.17, 15) is 9.18 Å². The summed E-state index contributed by atoms with van der Waals surface area (Å²) in [6.45, 7) is 3.79. The molecule has 1 N–H and O–H groups in total. The van der Waals surface area contributed by atoms with Gasteiger partial charge < -0.3 is 5.32 Å². The number of aromatic nitrogens is 5. The van der Waals surface area contributed by atoms with E-state index in [1.165, 1.54) is 28.6 Å². The molecular weight excluding hydrogens is 451 g/mol. The maximum Gasteiger partial charge on any atom is 0.278 e. The summed E-state index contributed by atoms with van der Waals surface area (Å²) in [7, 11) is 0. The highest BCUT2D eigenvalue weighted by Gasteiger charge is 2.22. The van der Waals surface area contributed by atoms with E-state index in [1.54, 1.807) is 36.4 Å². The molecule has 0 unspecified atom stereocenters. The molecule has 2 aromatic heterocycles. The van der Waals surface area contributed by atoms with Crippen LogP contribution in [-0.4, -0.2) is 30.9 Å². The Morgan fingerprint density at radius 3 is 2.50 bits per heavy atom. The molecule has 0 spiro atoms. The monoisotopic (exact) mass is 468 g/mol. The van der Waals surface area contributed by atoms with Crippen molar-refractivity contribution < 1.29 is 9.18 Å². The molecule has 0 atom stereocenters. The van der Waals surface area contributed by atoms with Gasteiger partial charge in [0.1, 0.15) is 5.82 Å². The molecule has 1 amide bonds. The van der Waals surface area contributed by atoms with Crippen LogP contribution in [0.4, 0.5) is 10.1 Å². The van der Waals surface area contributed by atoms with Gasteiger partial charge in [-0.2, -0.15) is 0 Å². The topological polar surface area (TPSA) is 85.6 Å². The lowest BCUT2D eigenvalue weighted by Crippen LogP contribution is -2.15. The molecule has 0 saturated carbocycles. The maximum atomic E-state index is 13.4. The van der Waals surface area contributed by atoms with Crippen LogP contribution in [0.15, 0.2) is 59.8 Å². The zero-order valence-electron chi connectivity index (χ0n) is 17.2. The quantitative estimate of drug-likeness (QED) is 0.316. The minimum absolute atomic E-state index is 0.145. The van der Waals surface area contributed by atoms with Crippen molar-refractivity contribution in [2.45, 2.75) is 24.8 Å². The van der Waals surface area contributed by atoms with Gasteiger partial charge in [0.2, 0.25) is 0 Å². The smallest absolute Gasteiger partial charge is 0.278 e. The number of anilines is 1. The van der Waals surface area contributed by atoms with Gasteiger partial charge in [0.15, 0.2) is 10.9 Å². The molecule has 0 aliphatic rings. The van der Waals surface area contributed by atoms with Gasteiger partial charge in [-0.15, -0.1) is 5.10 Å². The Balaban J connectivity index is 1.67. The number of hydrogen-bond donors (Lipinski definition) is 1. The normalized spacial score (nSPS) is 10.9. The van der Waals surface area contributed by atoms with Crippen molar-refractivity contribution >= 4 is 35.0 Å². The molecule has 10 heteroatoms. The van der Waals surface area contributed by atoms with Gasteiger partial charge in [-0.3, -0.25) is 4.79 Å². The van der Waals surface area contributed by atoms with E-state index in [0.29, 0.717) is 33.0 Å². The molecule has 0 aliphatic heterocycles. The van der Waals surface area contributed by atoms with Gasteiger partial charge >= 0.3 is 0 Å². The second-order valence-electron chi connectivity index (χ2n) is 6.96. The molecule has 4 aromatic rings. The molecule has 2 aromatic carbocycles. The van der Waals surface area contributed by atoms with Crippen LogP contribution in [0.5, 0.6) is 0 Å². The minimum atomic E-state index is -0.433. The van der Waals surface area contributed by atoms with E-state index in [0.717, 1.165) is 11.4 Å². The number of amides is 1. The Hall–Kier alpha value is -3.30. The zero-order chi connectivity index (χ0) is 22.7. The van der Waals surface area contributed by atoms with Gasteiger partial charge in [0, 0.05) is 27.9 Å². The van der Waals surface area contributed by atoms with Crippen LogP contribution in [0.25, 0.3) is 5.69 Å². The fraction of sp³-hybridized carbons (Fsp3) is 0.136. The Kier molecular flexibility index (Phi) is 6.48. The van der Waals surface area contributed by atoms with Gasteiger partial charge in [-0.1, -0.05) is 34.6 Å². The van der Waals surface area contributed by atoms with Crippen LogP contribution in [0, 0.1) is 19.7 Å². The van der Waals surface area contributed by atoms with Crippen LogP contribution in [0.1, 0.15) is 27.6 Å². The summed E-state index contributed by atoms with van der Waals surface area (Å²) in [5.41, 5.74) is 3.50. The predicted molar refractivity (Wildman–Crippen MR) is 122 cm³/mol. The molecule has 0 bridgehead atoms. The van der Waals surface area contributed by atoms with Crippen LogP contribution in [0.3, 0.4) is 0 Å². The number of carbonyl (C=O) groups excluding carboxylic acids is 1. The third kappa shape index (κ3) is 5.12. The van der Waals surface area contributed by atoms with E-state index >= 15 is 0 Å². The van der Waals surface area contributed by atoms with E-state index in [4.69, 9.17) is 11.6 Å². The Morgan fingerprint density at radius 2 is 1.81 bits per heavy atom. The summed E-state index contributed by atoms with van der Waals surface area (Å²) in [6, 6.07) is 14.5. The van der Waals surface area contributed by atoms with E-state index in [1.807, 2.05) is 19.9 Å². The van der Waals surface area contributed by atoms with Crippen molar-refractivity contribution in [2.24, 2.45) is 0 Å². The summed E-state index contributed by atoms with van der Waals surface area (Å²) in [5.74, 6) is -0.476. The van der Waals surface area contributed by atoms with Crippen molar-refractivity contribution in [3.05, 3.63) is 88.2 Å². The lowest BCUT2D eigenvalue weighted by Gasteiger charge is -2.09. The first-order chi connectivity index (χ1) is 15.4. The molecule has 32 heavy (non-hydrogen) atoms. The summed E-state index contributed by atoms with van der Waals surface area (Å²) in [5, 5.41) is 12.1. The van der Waals surface area contributed by atoms with Crippen LogP contribution in [0.2, 0.25) is 5.02 Å². The number of carbonyl (C=O) groups is 1. The Labute approximate surface area is 193 Å². The molecule has 0 radical (unpaired) electrons. The number of nitrogens with zero attached hydrogens (tertiary/aromatic N) is 5. The number of aryl methyl sites for hydroxylation is 2. The van der Waals surface area contributed by atoms with Crippen molar-refractivity contribution in [3.8, 4) is 5.69 Å². The minimum Gasteiger partial charge on any atom is -0.320 e. The number of thioether (sulfide) groups is 1. The number of hydrogen-bond acceptors (Lipinski definition) is 6. The van der Waals surface area contributed by atoms with E-state index in [2.05, 4.69) is 25.6 Å². The molecular formula is C22H18ClFN6OS. The zero-order valence-corrected chi connectivity index (χ0v) is 18.8. The van der Waals surface area contributed by atoms with Crippen molar-refractivity contribution in [1.82, 2.24) is 25.0 Å². The summed E-state index contributed by atoms with van der Waals surface area (Å²) >= 11 is 7.37. The fourth-order valence-electron chi connectivity index (χ4n) is 3.04. The highest BCUT2D eigenvalue weighted by Crippen LogP contribution is 2.25. The van der Waals surface area contributed by atoms with E-state index in [-0.39, 0.29) is 11.5 Å². The molecule has 0 aliphatic carbocycles. The largest absolute Gasteiger partial charge is 0.320 e.